The summed E-state index contributed by atoms with van der Waals surface area (Å²) < 4.78 is 5.46. The molecule has 0 aliphatic heterocycles. The van der Waals surface area contributed by atoms with Gasteiger partial charge in [-0.25, -0.2) is 0 Å². The van der Waals surface area contributed by atoms with Crippen LogP contribution in [-0.4, -0.2) is 18.0 Å². The average Bonchev–Trinajstić information content (AvgIpc) is 2.49. The quantitative estimate of drug-likeness (QED) is 0.802. The van der Waals surface area contributed by atoms with Crippen LogP contribution in [0.5, 0.6) is 5.75 Å². The van der Waals surface area contributed by atoms with Gasteiger partial charge in [0, 0.05) is 21.2 Å². The first-order valence-electron chi connectivity index (χ1n) is 6.73. The number of halogens is 1. The summed E-state index contributed by atoms with van der Waals surface area (Å²) in [7, 11) is 1.64. The van der Waals surface area contributed by atoms with Gasteiger partial charge in [-0.1, -0.05) is 23.7 Å². The van der Waals surface area contributed by atoms with E-state index in [0.29, 0.717) is 5.75 Å². The van der Waals surface area contributed by atoms with Crippen LogP contribution in [0.4, 0.5) is 0 Å². The summed E-state index contributed by atoms with van der Waals surface area (Å²) >= 11 is 7.46. The molecule has 2 aromatic carbocycles. The van der Waals surface area contributed by atoms with Crippen molar-refractivity contribution in [2.45, 2.75) is 24.8 Å². The molecule has 1 N–H and O–H groups in total. The Labute approximate surface area is 135 Å². The highest BCUT2D eigenvalue weighted by molar-refractivity contribution is 7.99. The van der Waals surface area contributed by atoms with Crippen LogP contribution in [0.25, 0.3) is 0 Å². The van der Waals surface area contributed by atoms with E-state index < -0.39 is 6.10 Å². The third kappa shape index (κ3) is 3.94. The van der Waals surface area contributed by atoms with Gasteiger partial charge in [-0.2, -0.15) is 0 Å². The number of aliphatic hydroxyl groups excluding tert-OH is 1. The van der Waals surface area contributed by atoms with Gasteiger partial charge in [-0.05, 0) is 49.2 Å². The minimum atomic E-state index is -0.570. The number of hydrogen-bond acceptors (Lipinski definition) is 3. The second kappa shape index (κ2) is 7.21. The number of rotatable bonds is 5. The molecular weight excluding hydrogens is 304 g/mol. The fraction of sp³-hybridized carbons (Fsp3) is 0.294. The number of thioether (sulfide) groups is 1. The smallest absolute Gasteiger partial charge is 0.127 e. The SMILES string of the molecule is COc1c(C(O)CSc2ccc(Cl)cc2)ccc(C)c1C. The maximum absolute atomic E-state index is 10.4. The molecule has 21 heavy (non-hydrogen) atoms. The minimum absolute atomic E-state index is 0.570. The van der Waals surface area contributed by atoms with Gasteiger partial charge in [-0.15, -0.1) is 11.8 Å². The van der Waals surface area contributed by atoms with Crippen LogP contribution in [0, 0.1) is 13.8 Å². The maximum Gasteiger partial charge on any atom is 0.127 e. The van der Waals surface area contributed by atoms with Gasteiger partial charge in [0.25, 0.3) is 0 Å². The van der Waals surface area contributed by atoms with Crippen LogP contribution in [0.2, 0.25) is 5.02 Å². The number of aryl methyl sites for hydroxylation is 1. The van der Waals surface area contributed by atoms with E-state index in [4.69, 9.17) is 16.3 Å². The Hall–Kier alpha value is -1.16. The van der Waals surface area contributed by atoms with Crippen molar-refractivity contribution in [3.05, 3.63) is 58.1 Å². The van der Waals surface area contributed by atoms with E-state index in [1.807, 2.05) is 50.2 Å². The molecule has 2 aromatic rings. The van der Waals surface area contributed by atoms with Crippen LogP contribution in [0.15, 0.2) is 41.3 Å². The van der Waals surface area contributed by atoms with E-state index >= 15 is 0 Å². The first-order valence-corrected chi connectivity index (χ1v) is 8.09. The molecule has 0 amide bonds. The molecule has 0 saturated heterocycles. The monoisotopic (exact) mass is 322 g/mol. The van der Waals surface area contributed by atoms with Crippen LogP contribution < -0.4 is 4.74 Å². The Morgan fingerprint density at radius 1 is 1.14 bits per heavy atom. The molecule has 0 bridgehead atoms. The lowest BCUT2D eigenvalue weighted by atomic mass is 10.0. The zero-order valence-corrected chi connectivity index (χ0v) is 14.0. The number of aliphatic hydroxyl groups is 1. The molecule has 1 atom stereocenters. The van der Waals surface area contributed by atoms with Gasteiger partial charge >= 0.3 is 0 Å². The third-order valence-electron chi connectivity index (χ3n) is 3.49. The van der Waals surface area contributed by atoms with Crippen molar-refractivity contribution in [1.82, 2.24) is 0 Å². The van der Waals surface area contributed by atoms with Crippen molar-refractivity contribution in [1.29, 1.82) is 0 Å². The lowest BCUT2D eigenvalue weighted by molar-refractivity contribution is 0.198. The Morgan fingerprint density at radius 2 is 1.81 bits per heavy atom. The summed E-state index contributed by atoms with van der Waals surface area (Å²) in [6, 6.07) is 11.6. The molecule has 2 nitrogen and oxygen atoms in total. The molecule has 0 aliphatic carbocycles. The summed E-state index contributed by atoms with van der Waals surface area (Å²) in [5, 5.41) is 11.2. The Morgan fingerprint density at radius 3 is 2.43 bits per heavy atom. The average molecular weight is 323 g/mol. The number of benzene rings is 2. The van der Waals surface area contributed by atoms with Crippen molar-refractivity contribution in [2.75, 3.05) is 12.9 Å². The Kier molecular flexibility index (Phi) is 5.57. The normalized spacial score (nSPS) is 12.2. The standard InChI is InChI=1S/C17H19ClO2S/c1-11-4-9-15(17(20-3)12(11)2)16(19)10-21-14-7-5-13(18)6-8-14/h4-9,16,19H,10H2,1-3H3. The van der Waals surface area contributed by atoms with E-state index in [9.17, 15) is 5.11 Å². The fourth-order valence-corrected chi connectivity index (χ4v) is 3.12. The summed E-state index contributed by atoms with van der Waals surface area (Å²) in [6.45, 7) is 4.05. The van der Waals surface area contributed by atoms with E-state index in [0.717, 1.165) is 32.4 Å². The lowest BCUT2D eigenvalue weighted by Crippen LogP contribution is -2.05. The fourth-order valence-electron chi connectivity index (χ4n) is 2.14. The molecule has 0 aromatic heterocycles. The van der Waals surface area contributed by atoms with Gasteiger partial charge in [0.2, 0.25) is 0 Å². The second-order valence-corrected chi connectivity index (χ2v) is 6.44. The van der Waals surface area contributed by atoms with Crippen LogP contribution >= 0.6 is 23.4 Å². The molecule has 0 heterocycles. The van der Waals surface area contributed by atoms with Crippen LogP contribution in [0.1, 0.15) is 22.8 Å². The van der Waals surface area contributed by atoms with Gasteiger partial charge in [0.1, 0.15) is 5.75 Å². The molecule has 2 rings (SSSR count). The molecule has 0 fully saturated rings. The van der Waals surface area contributed by atoms with E-state index in [1.165, 1.54) is 0 Å². The van der Waals surface area contributed by atoms with Gasteiger partial charge < -0.3 is 9.84 Å². The summed E-state index contributed by atoms with van der Waals surface area (Å²) in [5.74, 6) is 1.35. The van der Waals surface area contributed by atoms with Gasteiger partial charge in [0.05, 0.1) is 13.2 Å². The molecule has 0 aliphatic rings. The highest BCUT2D eigenvalue weighted by atomic mass is 35.5. The Balaban J connectivity index is 2.11. The first kappa shape index (κ1) is 16.2. The predicted molar refractivity (Wildman–Crippen MR) is 89.6 cm³/mol. The van der Waals surface area contributed by atoms with Crippen molar-refractivity contribution in [2.24, 2.45) is 0 Å². The minimum Gasteiger partial charge on any atom is -0.496 e. The first-order chi connectivity index (χ1) is 10.0. The van der Waals surface area contributed by atoms with E-state index in [2.05, 4.69) is 0 Å². The largest absolute Gasteiger partial charge is 0.496 e. The van der Waals surface area contributed by atoms with E-state index in [-0.39, 0.29) is 0 Å². The van der Waals surface area contributed by atoms with Crippen molar-refractivity contribution in [3.8, 4) is 5.75 Å². The van der Waals surface area contributed by atoms with Crippen molar-refractivity contribution < 1.29 is 9.84 Å². The molecule has 0 saturated carbocycles. The summed E-state index contributed by atoms with van der Waals surface area (Å²) in [5.41, 5.74) is 3.07. The highest BCUT2D eigenvalue weighted by Crippen LogP contribution is 2.33. The lowest BCUT2D eigenvalue weighted by Gasteiger charge is -2.17. The molecule has 0 spiro atoms. The molecule has 1 unspecified atom stereocenters. The molecule has 4 heteroatoms. The predicted octanol–water partition coefficient (Wildman–Crippen LogP) is 4.79. The zero-order chi connectivity index (χ0) is 15.4. The maximum atomic E-state index is 10.4. The summed E-state index contributed by atoms with van der Waals surface area (Å²) in [6.07, 6.45) is -0.570. The second-order valence-electron chi connectivity index (χ2n) is 4.91. The van der Waals surface area contributed by atoms with Crippen LogP contribution in [0.3, 0.4) is 0 Å². The molecular formula is C17H19ClO2S. The number of ether oxygens (including phenoxy) is 1. The van der Waals surface area contributed by atoms with Gasteiger partial charge in [0.15, 0.2) is 0 Å². The number of hydrogen-bond donors (Lipinski definition) is 1. The third-order valence-corrected chi connectivity index (χ3v) is 4.83. The van der Waals surface area contributed by atoms with Crippen LogP contribution in [-0.2, 0) is 0 Å². The zero-order valence-electron chi connectivity index (χ0n) is 12.4. The summed E-state index contributed by atoms with van der Waals surface area (Å²) in [4.78, 5) is 1.08. The van der Waals surface area contributed by atoms with Crippen molar-refractivity contribution >= 4 is 23.4 Å². The topological polar surface area (TPSA) is 29.5 Å². The molecule has 112 valence electrons. The number of methoxy groups -OCH3 is 1. The van der Waals surface area contributed by atoms with Crippen molar-refractivity contribution in [3.63, 3.8) is 0 Å². The molecule has 0 radical (unpaired) electrons. The van der Waals surface area contributed by atoms with E-state index in [1.54, 1.807) is 18.9 Å². The Bertz CT molecular complexity index is 611. The highest BCUT2D eigenvalue weighted by Gasteiger charge is 2.16. The van der Waals surface area contributed by atoms with Gasteiger partial charge in [-0.3, -0.25) is 0 Å².